The van der Waals surface area contributed by atoms with Gasteiger partial charge in [0, 0.05) is 0 Å². The number of hydrazone groups is 1. The average Bonchev–Trinajstić information content (AvgIpc) is 2.54. The zero-order valence-electron chi connectivity index (χ0n) is 12.3. The number of nitrogens with one attached hydrogen (secondary N) is 1. The van der Waals surface area contributed by atoms with Gasteiger partial charge < -0.3 is 9.47 Å². The molecule has 0 unspecified atom stereocenters. The molecule has 0 bridgehead atoms. The first-order valence-electron chi connectivity index (χ1n) is 6.70. The van der Waals surface area contributed by atoms with Crippen LogP contribution in [0.1, 0.15) is 5.56 Å². The smallest absolute Gasteiger partial charge is 0.174 e. The van der Waals surface area contributed by atoms with Gasteiger partial charge in [0.05, 0.1) is 22.6 Å². The molecule has 22 heavy (non-hydrogen) atoms. The van der Waals surface area contributed by atoms with Crippen LogP contribution in [0.4, 0.5) is 5.69 Å². The highest BCUT2D eigenvalue weighted by molar-refractivity contribution is 14.1. The molecule has 2 aromatic rings. The maximum Gasteiger partial charge on any atom is 0.174 e. The van der Waals surface area contributed by atoms with Crippen molar-refractivity contribution < 1.29 is 9.47 Å². The highest BCUT2D eigenvalue weighted by atomic mass is 127. The minimum atomic E-state index is 0.440. The fraction of sp³-hybridized carbons (Fsp3) is 0.118. The molecule has 0 radical (unpaired) electrons. The maximum absolute atomic E-state index is 5.63. The van der Waals surface area contributed by atoms with Crippen molar-refractivity contribution in [3.63, 3.8) is 0 Å². The number of halogens is 1. The number of hydrogen-bond acceptors (Lipinski definition) is 4. The van der Waals surface area contributed by atoms with Gasteiger partial charge in [-0.05, 0) is 52.4 Å². The van der Waals surface area contributed by atoms with Crippen molar-refractivity contribution in [2.45, 2.75) is 0 Å². The number of para-hydroxylation sites is 1. The Morgan fingerprint density at radius 2 is 2.05 bits per heavy atom. The Kier molecular flexibility index (Phi) is 6.27. The lowest BCUT2D eigenvalue weighted by Crippen LogP contribution is -2.00. The number of anilines is 1. The lowest BCUT2D eigenvalue weighted by Gasteiger charge is -2.12. The summed E-state index contributed by atoms with van der Waals surface area (Å²) in [6.07, 6.45) is 3.45. The van der Waals surface area contributed by atoms with E-state index in [1.54, 1.807) is 19.4 Å². The normalized spacial score (nSPS) is 10.5. The second-order valence-corrected chi connectivity index (χ2v) is 5.53. The minimum Gasteiger partial charge on any atom is -0.493 e. The van der Waals surface area contributed by atoms with Gasteiger partial charge in [0.15, 0.2) is 11.5 Å². The Bertz CT molecular complexity index is 657. The second kappa shape index (κ2) is 8.43. The van der Waals surface area contributed by atoms with E-state index in [1.807, 2.05) is 42.5 Å². The highest BCUT2D eigenvalue weighted by Gasteiger charge is 2.10. The van der Waals surface area contributed by atoms with Gasteiger partial charge >= 0.3 is 0 Å². The van der Waals surface area contributed by atoms with E-state index in [1.165, 1.54) is 0 Å². The summed E-state index contributed by atoms with van der Waals surface area (Å²) < 4.78 is 12.0. The molecule has 0 atom stereocenters. The van der Waals surface area contributed by atoms with Crippen molar-refractivity contribution in [3.8, 4) is 11.5 Å². The quantitative estimate of drug-likeness (QED) is 0.321. The van der Waals surface area contributed by atoms with Gasteiger partial charge in [0.2, 0.25) is 0 Å². The van der Waals surface area contributed by atoms with Gasteiger partial charge in [-0.15, -0.1) is 0 Å². The Morgan fingerprint density at radius 3 is 2.73 bits per heavy atom. The van der Waals surface area contributed by atoms with Crippen molar-refractivity contribution in [1.29, 1.82) is 0 Å². The first-order chi connectivity index (χ1) is 10.7. The summed E-state index contributed by atoms with van der Waals surface area (Å²) in [4.78, 5) is 0. The van der Waals surface area contributed by atoms with Crippen LogP contribution in [0.25, 0.3) is 0 Å². The third-order valence-corrected chi connectivity index (χ3v) is 3.58. The first kappa shape index (κ1) is 16.4. The van der Waals surface area contributed by atoms with E-state index in [0.717, 1.165) is 20.6 Å². The maximum atomic E-state index is 5.63. The number of methoxy groups -OCH3 is 1. The predicted molar refractivity (Wildman–Crippen MR) is 99.1 cm³/mol. The van der Waals surface area contributed by atoms with Crippen LogP contribution >= 0.6 is 22.6 Å². The summed E-state index contributed by atoms with van der Waals surface area (Å²) in [5, 5.41) is 4.23. The van der Waals surface area contributed by atoms with Gasteiger partial charge in [-0.3, -0.25) is 5.43 Å². The van der Waals surface area contributed by atoms with Gasteiger partial charge in [0.1, 0.15) is 6.61 Å². The standard InChI is InChI=1S/C17H17IN2O2/c1-3-9-22-17-15(18)10-13(11-16(17)21-2)12-19-20-14-7-5-4-6-8-14/h3-8,10-12,20H,1,9H2,2H3. The fourth-order valence-electron chi connectivity index (χ4n) is 1.79. The van der Waals surface area contributed by atoms with Crippen LogP contribution in [0.15, 0.2) is 60.2 Å². The molecule has 0 saturated carbocycles. The summed E-state index contributed by atoms with van der Waals surface area (Å²) in [5.41, 5.74) is 4.84. The van der Waals surface area contributed by atoms with E-state index in [-0.39, 0.29) is 0 Å². The molecule has 0 amide bonds. The van der Waals surface area contributed by atoms with E-state index in [9.17, 15) is 0 Å². The number of rotatable bonds is 7. The molecule has 2 aromatic carbocycles. The van der Waals surface area contributed by atoms with Crippen molar-refractivity contribution in [2.24, 2.45) is 5.10 Å². The molecule has 0 heterocycles. The topological polar surface area (TPSA) is 42.8 Å². The van der Waals surface area contributed by atoms with E-state index in [2.05, 4.69) is 39.7 Å². The summed E-state index contributed by atoms with van der Waals surface area (Å²) in [6.45, 7) is 4.09. The molecule has 0 spiro atoms. The monoisotopic (exact) mass is 408 g/mol. The Labute approximate surface area is 144 Å². The van der Waals surface area contributed by atoms with Gasteiger partial charge in [0.25, 0.3) is 0 Å². The number of ether oxygens (including phenoxy) is 2. The van der Waals surface area contributed by atoms with Crippen LogP contribution in [0.5, 0.6) is 11.5 Å². The van der Waals surface area contributed by atoms with Crippen LogP contribution in [-0.2, 0) is 0 Å². The highest BCUT2D eigenvalue weighted by Crippen LogP contribution is 2.33. The second-order valence-electron chi connectivity index (χ2n) is 4.37. The average molecular weight is 408 g/mol. The molecule has 0 aliphatic rings. The molecule has 2 rings (SSSR count). The lowest BCUT2D eigenvalue weighted by molar-refractivity contribution is 0.324. The molecule has 1 N–H and O–H groups in total. The molecule has 5 heteroatoms. The van der Waals surface area contributed by atoms with E-state index >= 15 is 0 Å². The molecular weight excluding hydrogens is 391 g/mol. The summed E-state index contributed by atoms with van der Waals surface area (Å²) in [6, 6.07) is 13.6. The Morgan fingerprint density at radius 1 is 1.27 bits per heavy atom. The Hall–Kier alpha value is -2.02. The molecule has 0 saturated heterocycles. The van der Waals surface area contributed by atoms with Crippen molar-refractivity contribution >= 4 is 34.5 Å². The van der Waals surface area contributed by atoms with Crippen molar-refractivity contribution in [2.75, 3.05) is 19.1 Å². The van der Waals surface area contributed by atoms with Gasteiger partial charge in [-0.1, -0.05) is 30.9 Å². The summed E-state index contributed by atoms with van der Waals surface area (Å²) in [7, 11) is 1.62. The minimum absolute atomic E-state index is 0.440. The summed E-state index contributed by atoms with van der Waals surface area (Å²) in [5.74, 6) is 1.39. The predicted octanol–water partition coefficient (Wildman–Crippen LogP) is 4.31. The van der Waals surface area contributed by atoms with E-state index in [4.69, 9.17) is 9.47 Å². The molecule has 114 valence electrons. The molecule has 0 fully saturated rings. The zero-order valence-corrected chi connectivity index (χ0v) is 14.4. The van der Waals surface area contributed by atoms with Crippen molar-refractivity contribution in [3.05, 3.63) is 64.3 Å². The molecule has 4 nitrogen and oxygen atoms in total. The van der Waals surface area contributed by atoms with Crippen LogP contribution < -0.4 is 14.9 Å². The third kappa shape index (κ3) is 4.49. The van der Waals surface area contributed by atoms with E-state index < -0.39 is 0 Å². The molecular formula is C17H17IN2O2. The zero-order chi connectivity index (χ0) is 15.8. The number of nitrogens with zero attached hydrogens (tertiary/aromatic N) is 1. The number of hydrogen-bond donors (Lipinski definition) is 1. The third-order valence-electron chi connectivity index (χ3n) is 2.78. The van der Waals surface area contributed by atoms with Gasteiger partial charge in [-0.2, -0.15) is 5.10 Å². The largest absolute Gasteiger partial charge is 0.493 e. The van der Waals surface area contributed by atoms with Gasteiger partial charge in [-0.25, -0.2) is 0 Å². The molecule has 0 aromatic heterocycles. The van der Waals surface area contributed by atoms with Crippen LogP contribution in [0.2, 0.25) is 0 Å². The fourth-order valence-corrected chi connectivity index (χ4v) is 2.57. The molecule has 0 aliphatic heterocycles. The number of benzene rings is 2. The van der Waals surface area contributed by atoms with Crippen LogP contribution in [0, 0.1) is 3.57 Å². The Balaban J connectivity index is 2.14. The first-order valence-corrected chi connectivity index (χ1v) is 7.78. The molecule has 0 aliphatic carbocycles. The van der Waals surface area contributed by atoms with Crippen LogP contribution in [0.3, 0.4) is 0 Å². The SMILES string of the molecule is C=CCOc1c(I)cc(C=NNc2ccccc2)cc1OC. The lowest BCUT2D eigenvalue weighted by atomic mass is 10.2. The van der Waals surface area contributed by atoms with E-state index in [0.29, 0.717) is 12.4 Å². The van der Waals surface area contributed by atoms with Crippen LogP contribution in [-0.4, -0.2) is 19.9 Å². The summed E-state index contributed by atoms with van der Waals surface area (Å²) >= 11 is 2.22. The van der Waals surface area contributed by atoms with Crippen molar-refractivity contribution in [1.82, 2.24) is 0 Å².